The van der Waals surface area contributed by atoms with Crippen LogP contribution in [0.4, 0.5) is 0 Å². The van der Waals surface area contributed by atoms with Gasteiger partial charge in [0.1, 0.15) is 0 Å². The summed E-state index contributed by atoms with van der Waals surface area (Å²) >= 11 is 7.47. The maximum absolute atomic E-state index is 3.83. The molecule has 0 aliphatic carbocycles. The van der Waals surface area contributed by atoms with E-state index in [4.69, 9.17) is 0 Å². The summed E-state index contributed by atoms with van der Waals surface area (Å²) in [6.07, 6.45) is 3.69. The lowest BCUT2D eigenvalue weighted by molar-refractivity contribution is 0.795. The Morgan fingerprint density at radius 2 is 1.75 bits per heavy atom. The molecular weight excluding hydrogens is 376 g/mol. The zero-order valence-corrected chi connectivity index (χ0v) is 15.2. The van der Waals surface area contributed by atoms with Gasteiger partial charge in [-0.1, -0.05) is 87.2 Å². The van der Waals surface area contributed by atoms with Crippen LogP contribution in [-0.4, -0.2) is 0 Å². The fourth-order valence-corrected chi connectivity index (χ4v) is 3.74. The Hall–Kier alpha value is -0.600. The van der Waals surface area contributed by atoms with Crippen molar-refractivity contribution in [3.63, 3.8) is 0 Å². The highest BCUT2D eigenvalue weighted by molar-refractivity contribution is 9.11. The number of rotatable bonds is 5. The first kappa shape index (κ1) is 15.8. The van der Waals surface area contributed by atoms with E-state index < -0.39 is 0 Å². The summed E-state index contributed by atoms with van der Waals surface area (Å²) in [5, 5.41) is 0. The molecule has 0 aliphatic heterocycles. The van der Waals surface area contributed by atoms with Gasteiger partial charge in [0.05, 0.1) is 4.83 Å². The molecule has 0 radical (unpaired) electrons. The van der Waals surface area contributed by atoms with Crippen LogP contribution >= 0.6 is 31.9 Å². The normalized spacial score (nSPS) is 12.4. The van der Waals surface area contributed by atoms with Gasteiger partial charge in [-0.25, -0.2) is 0 Å². The molecule has 0 aromatic heterocycles. The second-order valence-electron chi connectivity index (χ2n) is 5.23. The molecule has 0 saturated heterocycles. The molecule has 0 saturated carbocycles. The van der Waals surface area contributed by atoms with Gasteiger partial charge in [0.2, 0.25) is 0 Å². The topological polar surface area (TPSA) is 0 Å². The highest BCUT2D eigenvalue weighted by atomic mass is 79.9. The molecule has 0 spiro atoms. The van der Waals surface area contributed by atoms with Crippen molar-refractivity contribution >= 4 is 31.9 Å². The van der Waals surface area contributed by atoms with Crippen LogP contribution in [0.5, 0.6) is 0 Å². The van der Waals surface area contributed by atoms with Gasteiger partial charge in [0, 0.05) is 4.47 Å². The minimum Gasteiger partial charge on any atom is -0.0786 e. The predicted molar refractivity (Wildman–Crippen MR) is 94.7 cm³/mol. The van der Waals surface area contributed by atoms with Crippen molar-refractivity contribution in [2.24, 2.45) is 0 Å². The highest BCUT2D eigenvalue weighted by Gasteiger charge is 2.13. The van der Waals surface area contributed by atoms with Crippen LogP contribution in [0.25, 0.3) is 0 Å². The molecule has 1 unspecified atom stereocenters. The molecule has 20 heavy (non-hydrogen) atoms. The van der Waals surface area contributed by atoms with Gasteiger partial charge in [0.15, 0.2) is 0 Å². The van der Waals surface area contributed by atoms with Gasteiger partial charge >= 0.3 is 0 Å². The van der Waals surface area contributed by atoms with Gasteiger partial charge in [0.25, 0.3) is 0 Å². The maximum atomic E-state index is 3.83. The lowest BCUT2D eigenvalue weighted by Gasteiger charge is -2.14. The van der Waals surface area contributed by atoms with Gasteiger partial charge < -0.3 is 0 Å². The summed E-state index contributed by atoms with van der Waals surface area (Å²) in [7, 11) is 0. The van der Waals surface area contributed by atoms with E-state index >= 15 is 0 Å². The molecule has 0 fully saturated rings. The van der Waals surface area contributed by atoms with Gasteiger partial charge in [-0.15, -0.1) is 0 Å². The molecule has 0 N–H and O–H groups in total. The summed E-state index contributed by atoms with van der Waals surface area (Å²) < 4.78 is 1.15. The summed E-state index contributed by atoms with van der Waals surface area (Å²) in [6.45, 7) is 4.36. The van der Waals surface area contributed by atoms with E-state index in [1.165, 1.54) is 41.5 Å². The van der Waals surface area contributed by atoms with Crippen molar-refractivity contribution in [3.8, 4) is 0 Å². The Morgan fingerprint density at radius 3 is 2.40 bits per heavy atom. The van der Waals surface area contributed by atoms with Crippen LogP contribution in [0.3, 0.4) is 0 Å². The smallest absolute Gasteiger partial charge is 0.0655 e. The summed E-state index contributed by atoms with van der Waals surface area (Å²) in [6, 6.07) is 15.5. The fraction of sp³-hybridized carbons (Fsp3) is 0.333. The third-order valence-corrected chi connectivity index (χ3v) is 5.26. The van der Waals surface area contributed by atoms with Crippen molar-refractivity contribution in [2.45, 2.75) is 37.9 Å². The van der Waals surface area contributed by atoms with Crippen molar-refractivity contribution < 1.29 is 0 Å². The molecular formula is C18H20Br2. The average Bonchev–Trinajstić information content (AvgIpc) is 2.47. The molecule has 2 heteroatoms. The Kier molecular flexibility index (Phi) is 5.86. The monoisotopic (exact) mass is 394 g/mol. The first-order valence-electron chi connectivity index (χ1n) is 7.10. The number of aryl methyl sites for hydroxylation is 2. The quantitative estimate of drug-likeness (QED) is 0.501. The molecule has 0 nitrogen and oxygen atoms in total. The summed E-state index contributed by atoms with van der Waals surface area (Å²) in [4.78, 5) is 0.233. The molecule has 0 bridgehead atoms. The van der Waals surface area contributed by atoms with Crippen LogP contribution in [0.15, 0.2) is 46.9 Å². The lowest BCUT2D eigenvalue weighted by Crippen LogP contribution is -1.95. The molecule has 0 amide bonds. The molecule has 2 aromatic carbocycles. The number of halogens is 2. The van der Waals surface area contributed by atoms with E-state index in [2.05, 4.69) is 88.2 Å². The van der Waals surface area contributed by atoms with E-state index in [0.29, 0.717) is 0 Å². The van der Waals surface area contributed by atoms with E-state index in [0.717, 1.165) is 4.47 Å². The molecule has 2 aromatic rings. The second-order valence-corrected chi connectivity index (χ2v) is 7.00. The zero-order chi connectivity index (χ0) is 14.5. The number of alkyl halides is 1. The minimum absolute atomic E-state index is 0.233. The van der Waals surface area contributed by atoms with Crippen molar-refractivity contribution in [1.82, 2.24) is 0 Å². The zero-order valence-electron chi connectivity index (χ0n) is 12.0. The average molecular weight is 396 g/mol. The lowest BCUT2D eigenvalue weighted by atomic mass is 10.0. The Balaban J connectivity index is 2.20. The van der Waals surface area contributed by atoms with E-state index in [1.807, 2.05) is 0 Å². The van der Waals surface area contributed by atoms with Crippen molar-refractivity contribution in [1.29, 1.82) is 0 Å². The Morgan fingerprint density at radius 1 is 1.05 bits per heavy atom. The molecule has 106 valence electrons. The van der Waals surface area contributed by atoms with Gasteiger partial charge in [-0.2, -0.15) is 0 Å². The molecule has 2 rings (SSSR count). The van der Waals surface area contributed by atoms with E-state index in [-0.39, 0.29) is 4.83 Å². The Labute approximate surface area is 138 Å². The van der Waals surface area contributed by atoms with Crippen molar-refractivity contribution in [3.05, 3.63) is 69.2 Å². The first-order chi connectivity index (χ1) is 9.61. The van der Waals surface area contributed by atoms with Crippen LogP contribution in [0, 0.1) is 6.92 Å². The third-order valence-electron chi connectivity index (χ3n) is 3.52. The van der Waals surface area contributed by atoms with Crippen LogP contribution < -0.4 is 0 Å². The van der Waals surface area contributed by atoms with Crippen molar-refractivity contribution in [2.75, 3.05) is 0 Å². The van der Waals surface area contributed by atoms with Gasteiger partial charge in [-0.3, -0.25) is 0 Å². The predicted octanol–water partition coefficient (Wildman–Crippen LogP) is 6.58. The maximum Gasteiger partial charge on any atom is 0.0655 e. The first-order valence-corrected chi connectivity index (χ1v) is 8.81. The fourth-order valence-electron chi connectivity index (χ4n) is 2.27. The number of hydrogen-bond donors (Lipinski definition) is 0. The highest BCUT2D eigenvalue weighted by Crippen LogP contribution is 2.35. The van der Waals surface area contributed by atoms with E-state index in [9.17, 15) is 0 Å². The molecule has 0 aliphatic rings. The van der Waals surface area contributed by atoms with E-state index in [1.54, 1.807) is 0 Å². The summed E-state index contributed by atoms with van der Waals surface area (Å²) in [5.41, 5.74) is 5.30. The van der Waals surface area contributed by atoms with Crippen LogP contribution in [0.1, 0.15) is 46.8 Å². The SMILES string of the molecule is CCCCc1ccc(C(Br)c2cc(C)ccc2Br)cc1. The van der Waals surface area contributed by atoms with Crippen LogP contribution in [0.2, 0.25) is 0 Å². The largest absolute Gasteiger partial charge is 0.0786 e. The molecule has 0 heterocycles. The molecule has 1 atom stereocenters. The second kappa shape index (κ2) is 7.42. The minimum atomic E-state index is 0.233. The standard InChI is InChI=1S/C18H20Br2/c1-3-4-5-14-7-9-15(10-8-14)18(20)16-12-13(2)6-11-17(16)19/h6-12,18H,3-5H2,1-2H3. The number of hydrogen-bond acceptors (Lipinski definition) is 0. The Bertz CT molecular complexity index is 558. The summed E-state index contributed by atoms with van der Waals surface area (Å²) in [5.74, 6) is 0. The van der Waals surface area contributed by atoms with Gasteiger partial charge in [-0.05, 0) is 42.5 Å². The number of unbranched alkanes of at least 4 members (excludes halogenated alkanes) is 1. The number of benzene rings is 2. The third kappa shape index (κ3) is 3.95. The van der Waals surface area contributed by atoms with Crippen LogP contribution in [-0.2, 0) is 6.42 Å².